The highest BCUT2D eigenvalue weighted by Crippen LogP contribution is 2.42. The lowest BCUT2D eigenvalue weighted by atomic mass is 9.95. The van der Waals surface area contributed by atoms with Crippen molar-refractivity contribution in [3.8, 4) is 0 Å². The summed E-state index contributed by atoms with van der Waals surface area (Å²) >= 11 is 5.85. The molecular weight excluding hydrogens is 250 g/mol. The maximum atomic E-state index is 12.1. The Morgan fingerprint density at radius 3 is 2.56 bits per heavy atom. The lowest BCUT2D eigenvalue weighted by molar-refractivity contribution is -0.148. The molecule has 1 fully saturated rings. The quantitative estimate of drug-likeness (QED) is 0.830. The van der Waals surface area contributed by atoms with E-state index < -0.39 is 5.54 Å². The van der Waals surface area contributed by atoms with Crippen molar-refractivity contribution in [2.24, 2.45) is 5.92 Å². The Morgan fingerprint density at radius 1 is 1.44 bits per heavy atom. The van der Waals surface area contributed by atoms with E-state index in [0.29, 0.717) is 17.5 Å². The molecule has 18 heavy (non-hydrogen) atoms. The molecule has 4 heteroatoms. The first-order chi connectivity index (χ1) is 8.56. The van der Waals surface area contributed by atoms with Gasteiger partial charge >= 0.3 is 5.97 Å². The zero-order valence-corrected chi connectivity index (χ0v) is 11.5. The van der Waals surface area contributed by atoms with Crippen molar-refractivity contribution in [2.75, 3.05) is 11.9 Å². The summed E-state index contributed by atoms with van der Waals surface area (Å²) in [5.41, 5.74) is 0.256. The summed E-state index contributed by atoms with van der Waals surface area (Å²) in [5, 5.41) is 3.98. The van der Waals surface area contributed by atoms with Gasteiger partial charge in [0.2, 0.25) is 0 Å². The molecule has 3 nitrogen and oxygen atoms in total. The highest BCUT2D eigenvalue weighted by Gasteiger charge is 2.48. The Morgan fingerprint density at radius 2 is 2.06 bits per heavy atom. The Hall–Kier alpha value is -1.22. The average molecular weight is 268 g/mol. The van der Waals surface area contributed by atoms with Crippen LogP contribution in [0.2, 0.25) is 5.02 Å². The fraction of sp³-hybridized carbons (Fsp3) is 0.500. The van der Waals surface area contributed by atoms with Gasteiger partial charge in [-0.15, -0.1) is 0 Å². The Kier molecular flexibility index (Phi) is 3.81. The molecule has 1 aliphatic carbocycles. The number of benzene rings is 1. The number of hydrogen-bond acceptors (Lipinski definition) is 3. The number of carbonyl (C=O) groups excluding carboxylic acids is 1. The highest BCUT2D eigenvalue weighted by molar-refractivity contribution is 6.30. The van der Waals surface area contributed by atoms with Crippen LogP contribution in [0, 0.1) is 5.92 Å². The van der Waals surface area contributed by atoms with E-state index in [2.05, 4.69) is 5.32 Å². The topological polar surface area (TPSA) is 38.3 Å². The SMILES string of the molecule is CCOC(=O)C(C)(Nc1ccc(Cl)cc1)C1CC1. The molecule has 1 atom stereocenters. The molecule has 98 valence electrons. The summed E-state index contributed by atoms with van der Waals surface area (Å²) < 4.78 is 5.18. The lowest BCUT2D eigenvalue weighted by Gasteiger charge is -2.29. The van der Waals surface area contributed by atoms with E-state index in [4.69, 9.17) is 16.3 Å². The summed E-state index contributed by atoms with van der Waals surface area (Å²) in [7, 11) is 0. The van der Waals surface area contributed by atoms with E-state index in [-0.39, 0.29) is 5.97 Å². The number of nitrogens with one attached hydrogen (secondary N) is 1. The van der Waals surface area contributed by atoms with Crippen molar-refractivity contribution in [1.29, 1.82) is 0 Å². The summed E-state index contributed by atoms with van der Waals surface area (Å²) in [6.45, 7) is 4.15. The van der Waals surface area contributed by atoms with Gasteiger partial charge in [-0.25, -0.2) is 4.79 Å². The normalized spacial score (nSPS) is 17.9. The standard InChI is InChI=1S/C14H18ClNO2/c1-3-18-13(17)14(2,10-4-5-10)16-12-8-6-11(15)7-9-12/h6-10,16H,3-5H2,1-2H3. The minimum absolute atomic E-state index is 0.178. The molecule has 1 aliphatic rings. The first-order valence-corrected chi connectivity index (χ1v) is 6.65. The van der Waals surface area contributed by atoms with Crippen LogP contribution in [-0.2, 0) is 9.53 Å². The zero-order chi connectivity index (χ0) is 13.2. The molecule has 0 amide bonds. The maximum Gasteiger partial charge on any atom is 0.331 e. The van der Waals surface area contributed by atoms with Crippen LogP contribution in [0.4, 0.5) is 5.69 Å². The van der Waals surface area contributed by atoms with E-state index in [9.17, 15) is 4.79 Å². The van der Waals surface area contributed by atoms with Crippen LogP contribution in [0.25, 0.3) is 0 Å². The first-order valence-electron chi connectivity index (χ1n) is 6.27. The molecule has 0 radical (unpaired) electrons. The molecule has 1 aromatic rings. The van der Waals surface area contributed by atoms with Gasteiger partial charge < -0.3 is 10.1 Å². The third kappa shape index (κ3) is 2.78. The van der Waals surface area contributed by atoms with Crippen LogP contribution >= 0.6 is 11.6 Å². The number of carbonyl (C=O) groups is 1. The van der Waals surface area contributed by atoms with Crippen LogP contribution in [0.1, 0.15) is 26.7 Å². The lowest BCUT2D eigenvalue weighted by Crippen LogP contribution is -2.46. The predicted molar refractivity (Wildman–Crippen MR) is 72.8 cm³/mol. The minimum Gasteiger partial charge on any atom is -0.464 e. The summed E-state index contributed by atoms with van der Waals surface area (Å²) in [4.78, 5) is 12.1. The van der Waals surface area contributed by atoms with Crippen LogP contribution in [-0.4, -0.2) is 18.1 Å². The molecule has 0 bridgehead atoms. The van der Waals surface area contributed by atoms with Crippen molar-refractivity contribution in [1.82, 2.24) is 0 Å². The predicted octanol–water partition coefficient (Wildman–Crippen LogP) is 3.48. The molecule has 1 unspecified atom stereocenters. The van der Waals surface area contributed by atoms with Crippen LogP contribution in [0.3, 0.4) is 0 Å². The number of halogens is 1. The third-order valence-electron chi connectivity index (χ3n) is 3.34. The van der Waals surface area contributed by atoms with Crippen LogP contribution in [0.5, 0.6) is 0 Å². The molecule has 1 saturated carbocycles. The van der Waals surface area contributed by atoms with E-state index in [1.54, 1.807) is 0 Å². The number of esters is 1. The Balaban J connectivity index is 2.15. The molecule has 2 rings (SSSR count). The average Bonchev–Trinajstić information content (AvgIpc) is 3.16. The number of hydrogen-bond donors (Lipinski definition) is 1. The van der Waals surface area contributed by atoms with Crippen molar-refractivity contribution in [2.45, 2.75) is 32.2 Å². The molecule has 1 N–H and O–H groups in total. The van der Waals surface area contributed by atoms with Gasteiger partial charge in [0.25, 0.3) is 0 Å². The monoisotopic (exact) mass is 267 g/mol. The van der Waals surface area contributed by atoms with Gasteiger partial charge in [0.05, 0.1) is 6.61 Å². The Bertz CT molecular complexity index is 428. The van der Waals surface area contributed by atoms with Gasteiger partial charge in [-0.2, -0.15) is 0 Å². The van der Waals surface area contributed by atoms with Crippen LogP contribution < -0.4 is 5.32 Å². The number of ether oxygens (including phenoxy) is 1. The van der Waals surface area contributed by atoms with Gasteiger partial charge in [0.1, 0.15) is 5.54 Å². The third-order valence-corrected chi connectivity index (χ3v) is 3.59. The summed E-state index contributed by atoms with van der Waals surface area (Å²) in [5.74, 6) is 0.176. The second kappa shape index (κ2) is 5.19. The van der Waals surface area contributed by atoms with Crippen molar-refractivity contribution in [3.05, 3.63) is 29.3 Å². The molecular formula is C14H18ClNO2. The zero-order valence-electron chi connectivity index (χ0n) is 10.7. The second-order valence-electron chi connectivity index (χ2n) is 4.83. The minimum atomic E-state index is -0.635. The highest BCUT2D eigenvalue weighted by atomic mass is 35.5. The van der Waals surface area contributed by atoms with Crippen LogP contribution in [0.15, 0.2) is 24.3 Å². The fourth-order valence-electron chi connectivity index (χ4n) is 2.09. The Labute approximate surface area is 112 Å². The van der Waals surface area contributed by atoms with Gasteiger partial charge in [-0.3, -0.25) is 0 Å². The van der Waals surface area contributed by atoms with Gasteiger partial charge in [0.15, 0.2) is 0 Å². The molecule has 0 heterocycles. The molecule has 0 aliphatic heterocycles. The smallest absolute Gasteiger partial charge is 0.331 e. The second-order valence-corrected chi connectivity index (χ2v) is 5.27. The number of anilines is 1. The number of rotatable bonds is 5. The molecule has 0 spiro atoms. The molecule has 1 aromatic carbocycles. The first kappa shape index (κ1) is 13.2. The fourth-order valence-corrected chi connectivity index (χ4v) is 2.22. The summed E-state index contributed by atoms with van der Waals surface area (Å²) in [6, 6.07) is 7.37. The van der Waals surface area contributed by atoms with E-state index >= 15 is 0 Å². The van der Waals surface area contributed by atoms with E-state index in [0.717, 1.165) is 18.5 Å². The van der Waals surface area contributed by atoms with E-state index in [1.165, 1.54) is 0 Å². The van der Waals surface area contributed by atoms with Crippen molar-refractivity contribution in [3.63, 3.8) is 0 Å². The molecule has 0 aromatic heterocycles. The van der Waals surface area contributed by atoms with Gasteiger partial charge in [-0.1, -0.05) is 11.6 Å². The van der Waals surface area contributed by atoms with Gasteiger partial charge in [0, 0.05) is 10.7 Å². The van der Waals surface area contributed by atoms with Crippen molar-refractivity contribution < 1.29 is 9.53 Å². The van der Waals surface area contributed by atoms with Crippen molar-refractivity contribution >= 4 is 23.3 Å². The van der Waals surface area contributed by atoms with E-state index in [1.807, 2.05) is 38.1 Å². The molecule has 0 saturated heterocycles. The maximum absolute atomic E-state index is 12.1. The van der Waals surface area contributed by atoms with Gasteiger partial charge in [-0.05, 0) is 56.9 Å². The summed E-state index contributed by atoms with van der Waals surface area (Å²) in [6.07, 6.45) is 2.13. The largest absolute Gasteiger partial charge is 0.464 e.